The van der Waals surface area contributed by atoms with Gasteiger partial charge in [0.15, 0.2) is 11.6 Å². The zero-order chi connectivity index (χ0) is 12.1. The topological polar surface area (TPSA) is 50.5 Å². The summed E-state index contributed by atoms with van der Waals surface area (Å²) in [6.07, 6.45) is 0.834. The van der Waals surface area contributed by atoms with Crippen LogP contribution in [0, 0.1) is 5.82 Å². The summed E-state index contributed by atoms with van der Waals surface area (Å²) < 4.78 is 18.7. The summed E-state index contributed by atoms with van der Waals surface area (Å²) in [7, 11) is 3.66. The summed E-state index contributed by atoms with van der Waals surface area (Å²) in [6.45, 7) is 2.45. The molecule has 4 nitrogen and oxygen atoms in total. The second-order valence-corrected chi connectivity index (χ2v) is 3.72. The number of nitrogens with zero attached hydrogens (tertiary/aromatic N) is 1. The maximum atomic E-state index is 13.4. The number of halogens is 1. The van der Waals surface area contributed by atoms with E-state index < -0.39 is 5.82 Å². The van der Waals surface area contributed by atoms with Crippen molar-refractivity contribution in [1.82, 2.24) is 5.01 Å². The van der Waals surface area contributed by atoms with Crippen LogP contribution >= 0.6 is 0 Å². The van der Waals surface area contributed by atoms with Crippen LogP contribution in [-0.4, -0.2) is 25.7 Å². The second-order valence-electron chi connectivity index (χ2n) is 3.72. The molecule has 5 heteroatoms. The van der Waals surface area contributed by atoms with E-state index in [0.717, 1.165) is 6.42 Å². The largest absolute Gasteiger partial charge is 0.490 e. The highest BCUT2D eigenvalue weighted by Crippen LogP contribution is 2.28. The first-order chi connectivity index (χ1) is 7.54. The highest BCUT2D eigenvalue weighted by atomic mass is 19.1. The Labute approximate surface area is 95.2 Å². The van der Waals surface area contributed by atoms with Gasteiger partial charge in [-0.3, -0.25) is 0 Å². The zero-order valence-electron chi connectivity index (χ0n) is 9.88. The van der Waals surface area contributed by atoms with E-state index in [1.807, 2.05) is 21.0 Å². The van der Waals surface area contributed by atoms with Crippen LogP contribution in [0.2, 0.25) is 0 Å². The minimum absolute atomic E-state index is 0.223. The molecule has 0 aliphatic rings. The van der Waals surface area contributed by atoms with Crippen molar-refractivity contribution in [3.63, 3.8) is 0 Å². The van der Waals surface area contributed by atoms with E-state index in [2.05, 4.69) is 5.43 Å². The second kappa shape index (κ2) is 5.55. The molecule has 0 aliphatic heterocycles. The van der Waals surface area contributed by atoms with E-state index in [1.165, 1.54) is 6.07 Å². The minimum Gasteiger partial charge on any atom is -0.490 e. The van der Waals surface area contributed by atoms with Crippen molar-refractivity contribution in [1.29, 1.82) is 0 Å². The quantitative estimate of drug-likeness (QED) is 0.597. The molecule has 0 heterocycles. The number of nitrogens with two attached hydrogens (primary N) is 1. The summed E-state index contributed by atoms with van der Waals surface area (Å²) in [4.78, 5) is 0. The van der Waals surface area contributed by atoms with Gasteiger partial charge in [0.05, 0.1) is 18.0 Å². The number of ether oxygens (including phenoxy) is 1. The highest BCUT2D eigenvalue weighted by Gasteiger charge is 2.09. The van der Waals surface area contributed by atoms with Gasteiger partial charge in [-0.15, -0.1) is 0 Å². The minimum atomic E-state index is -0.435. The Balaban J connectivity index is 2.92. The monoisotopic (exact) mass is 227 g/mol. The fourth-order valence-electron chi connectivity index (χ4n) is 1.23. The Morgan fingerprint density at radius 3 is 2.69 bits per heavy atom. The third-order valence-electron chi connectivity index (χ3n) is 1.91. The van der Waals surface area contributed by atoms with Gasteiger partial charge < -0.3 is 15.9 Å². The molecule has 0 radical (unpaired) electrons. The number of hydrazine groups is 1. The molecule has 0 aliphatic carbocycles. The van der Waals surface area contributed by atoms with Gasteiger partial charge in [0, 0.05) is 26.2 Å². The maximum Gasteiger partial charge on any atom is 0.167 e. The third-order valence-corrected chi connectivity index (χ3v) is 1.91. The van der Waals surface area contributed by atoms with E-state index >= 15 is 0 Å². The van der Waals surface area contributed by atoms with Gasteiger partial charge in [0.1, 0.15) is 0 Å². The lowest BCUT2D eigenvalue weighted by molar-refractivity contribution is 0.301. The van der Waals surface area contributed by atoms with E-state index in [4.69, 9.17) is 10.5 Å². The van der Waals surface area contributed by atoms with Gasteiger partial charge in [-0.1, -0.05) is 6.92 Å². The summed E-state index contributed by atoms with van der Waals surface area (Å²) in [5.41, 5.74) is 9.65. The predicted molar refractivity (Wildman–Crippen MR) is 63.9 cm³/mol. The molecule has 0 bridgehead atoms. The molecule has 1 rings (SSSR count). The van der Waals surface area contributed by atoms with Gasteiger partial charge in [-0.25, -0.2) is 9.40 Å². The molecule has 0 spiro atoms. The van der Waals surface area contributed by atoms with Gasteiger partial charge in [-0.2, -0.15) is 0 Å². The summed E-state index contributed by atoms with van der Waals surface area (Å²) in [5.74, 6) is -0.212. The smallest absolute Gasteiger partial charge is 0.167 e. The van der Waals surface area contributed by atoms with E-state index in [1.54, 1.807) is 11.1 Å². The van der Waals surface area contributed by atoms with Gasteiger partial charge >= 0.3 is 0 Å². The Morgan fingerprint density at radius 2 is 2.12 bits per heavy atom. The van der Waals surface area contributed by atoms with Crippen molar-refractivity contribution in [3.05, 3.63) is 17.9 Å². The van der Waals surface area contributed by atoms with Crippen LogP contribution < -0.4 is 15.9 Å². The summed E-state index contributed by atoms with van der Waals surface area (Å²) >= 11 is 0. The number of rotatable bonds is 5. The lowest BCUT2D eigenvalue weighted by Gasteiger charge is -2.17. The molecule has 0 fully saturated rings. The fourth-order valence-corrected chi connectivity index (χ4v) is 1.23. The molecule has 3 N–H and O–H groups in total. The van der Waals surface area contributed by atoms with E-state index in [-0.39, 0.29) is 5.75 Å². The number of nitrogen functional groups attached to an aromatic ring is 1. The van der Waals surface area contributed by atoms with Crippen molar-refractivity contribution in [2.45, 2.75) is 13.3 Å². The molecule has 0 aromatic heterocycles. The molecule has 1 aromatic carbocycles. The van der Waals surface area contributed by atoms with Crippen molar-refractivity contribution in [2.24, 2.45) is 0 Å². The van der Waals surface area contributed by atoms with Crippen LogP contribution in [0.25, 0.3) is 0 Å². The maximum absolute atomic E-state index is 13.4. The van der Waals surface area contributed by atoms with Crippen molar-refractivity contribution < 1.29 is 9.13 Å². The molecule has 0 saturated carbocycles. The van der Waals surface area contributed by atoms with Crippen LogP contribution in [0.15, 0.2) is 12.1 Å². The Hall–Kier alpha value is -1.49. The number of anilines is 2. The summed E-state index contributed by atoms with van der Waals surface area (Å²) in [6, 6.07) is 2.83. The first-order valence-electron chi connectivity index (χ1n) is 5.20. The third kappa shape index (κ3) is 3.27. The molecule has 0 unspecified atom stereocenters. The van der Waals surface area contributed by atoms with Crippen LogP contribution in [-0.2, 0) is 0 Å². The standard InChI is InChI=1S/C11H18FN3O/c1-4-5-16-11-7-10(14-15(2)3)9(13)6-8(11)12/h6-7,14H,4-5,13H2,1-3H3. The van der Waals surface area contributed by atoms with Gasteiger partial charge in [0.25, 0.3) is 0 Å². The van der Waals surface area contributed by atoms with Crippen LogP contribution in [0.1, 0.15) is 13.3 Å². The average Bonchev–Trinajstić information content (AvgIpc) is 2.20. The molecule has 16 heavy (non-hydrogen) atoms. The molecule has 0 saturated heterocycles. The number of nitrogens with one attached hydrogen (secondary N) is 1. The predicted octanol–water partition coefficient (Wildman–Crippen LogP) is 2.09. The van der Waals surface area contributed by atoms with Gasteiger partial charge in [0.2, 0.25) is 0 Å². The number of hydrogen-bond acceptors (Lipinski definition) is 4. The van der Waals surface area contributed by atoms with Crippen molar-refractivity contribution in [3.8, 4) is 5.75 Å². The zero-order valence-corrected chi connectivity index (χ0v) is 9.88. The number of hydrogen-bond donors (Lipinski definition) is 2. The molecular weight excluding hydrogens is 209 g/mol. The lowest BCUT2D eigenvalue weighted by Crippen LogP contribution is -2.20. The van der Waals surface area contributed by atoms with Crippen molar-refractivity contribution in [2.75, 3.05) is 31.9 Å². The lowest BCUT2D eigenvalue weighted by atomic mass is 10.2. The first kappa shape index (κ1) is 12.6. The van der Waals surface area contributed by atoms with Crippen molar-refractivity contribution >= 4 is 11.4 Å². The van der Waals surface area contributed by atoms with Gasteiger partial charge in [-0.05, 0) is 6.42 Å². The van der Waals surface area contributed by atoms with Crippen LogP contribution in [0.4, 0.5) is 15.8 Å². The average molecular weight is 227 g/mol. The Morgan fingerprint density at radius 1 is 1.44 bits per heavy atom. The molecule has 1 aromatic rings. The summed E-state index contributed by atoms with van der Waals surface area (Å²) in [5, 5.41) is 1.73. The van der Waals surface area contributed by atoms with Crippen LogP contribution in [0.3, 0.4) is 0 Å². The molecule has 0 atom stereocenters. The Kier molecular flexibility index (Phi) is 4.37. The van der Waals surface area contributed by atoms with E-state index in [9.17, 15) is 4.39 Å². The van der Waals surface area contributed by atoms with E-state index in [0.29, 0.717) is 18.0 Å². The first-order valence-corrected chi connectivity index (χ1v) is 5.20. The normalized spacial score (nSPS) is 10.6. The molecule has 0 amide bonds. The number of benzene rings is 1. The Bertz CT molecular complexity index is 355. The molecule has 90 valence electrons. The fraction of sp³-hybridized carbons (Fsp3) is 0.455. The molecular formula is C11H18FN3O. The van der Waals surface area contributed by atoms with Crippen LogP contribution in [0.5, 0.6) is 5.75 Å². The SMILES string of the molecule is CCCOc1cc(NN(C)C)c(N)cc1F. The highest BCUT2D eigenvalue weighted by molar-refractivity contribution is 5.68.